The van der Waals surface area contributed by atoms with E-state index in [1.54, 1.807) is 0 Å². The third kappa shape index (κ3) is 26.1. The summed E-state index contributed by atoms with van der Waals surface area (Å²) in [7, 11) is 0. The van der Waals surface area contributed by atoms with Crippen LogP contribution in [-0.2, 0) is 0 Å². The number of hydrogen-bond donors (Lipinski definition) is 4. The molecule has 0 saturated heterocycles. The van der Waals surface area contributed by atoms with Crippen LogP contribution < -0.4 is 0 Å². The van der Waals surface area contributed by atoms with Crippen molar-refractivity contribution in [1.82, 2.24) is 0 Å². The molecule has 4 nitrogen and oxygen atoms in total. The van der Waals surface area contributed by atoms with Crippen LogP contribution in [0.25, 0.3) is 0 Å². The molecule has 0 rings (SSSR count). The van der Waals surface area contributed by atoms with E-state index in [1.165, 1.54) is 64.2 Å². The Balaban J connectivity index is 0. The van der Waals surface area contributed by atoms with E-state index in [4.69, 9.17) is 10.2 Å². The predicted octanol–water partition coefficient (Wildman–Crippen LogP) is 5.31. The molecule has 0 aliphatic carbocycles. The molecule has 0 amide bonds. The molecule has 0 aliphatic rings. The topological polar surface area (TPSA) is 80.9 Å². The lowest BCUT2D eigenvalue weighted by Gasteiger charge is -2.20. The fraction of sp³-hybridized carbons (Fsp3) is 1.00. The van der Waals surface area contributed by atoms with E-state index in [0.717, 1.165) is 32.1 Å². The second kappa shape index (κ2) is 22.9. The maximum atomic E-state index is 9.63. The Morgan fingerprint density at radius 3 is 1.19 bits per heavy atom. The highest BCUT2D eigenvalue weighted by atomic mass is 16.5. The molecule has 0 radical (unpaired) electrons. The Morgan fingerprint density at radius 2 is 0.846 bits per heavy atom. The molecule has 0 atom stereocenters. The Kier molecular flexibility index (Phi) is 24.7. The van der Waals surface area contributed by atoms with Gasteiger partial charge in [-0.2, -0.15) is 0 Å². The van der Waals surface area contributed by atoms with Crippen LogP contribution in [0.5, 0.6) is 0 Å². The molecular formula is C22H48O4. The molecule has 0 bridgehead atoms. The summed E-state index contributed by atoms with van der Waals surface area (Å²) in [5, 5.41) is 35.4. The highest BCUT2D eigenvalue weighted by Crippen LogP contribution is 2.18. The van der Waals surface area contributed by atoms with Gasteiger partial charge < -0.3 is 20.4 Å². The first-order valence-electron chi connectivity index (χ1n) is 11.2. The maximum absolute atomic E-state index is 9.63. The summed E-state index contributed by atoms with van der Waals surface area (Å²) in [6.45, 7) is 4.64. The molecule has 4 N–H and O–H groups in total. The van der Waals surface area contributed by atoms with E-state index in [9.17, 15) is 10.2 Å². The van der Waals surface area contributed by atoms with Crippen LogP contribution in [0.4, 0.5) is 0 Å². The normalized spacial score (nSPS) is 11.3. The van der Waals surface area contributed by atoms with Gasteiger partial charge in [0.25, 0.3) is 0 Å². The van der Waals surface area contributed by atoms with Crippen molar-refractivity contribution >= 4 is 0 Å². The Morgan fingerprint density at radius 1 is 0.462 bits per heavy atom. The first-order chi connectivity index (χ1) is 12.5. The van der Waals surface area contributed by atoms with Crippen molar-refractivity contribution in [3.8, 4) is 0 Å². The molecule has 0 fully saturated rings. The highest BCUT2D eigenvalue weighted by molar-refractivity contribution is 4.63. The van der Waals surface area contributed by atoms with Crippen molar-refractivity contribution < 1.29 is 20.4 Å². The van der Waals surface area contributed by atoms with Gasteiger partial charge >= 0.3 is 0 Å². The van der Waals surface area contributed by atoms with Crippen LogP contribution in [0.2, 0.25) is 0 Å². The zero-order valence-electron chi connectivity index (χ0n) is 17.7. The minimum atomic E-state index is -1.41. The third-order valence-electron chi connectivity index (χ3n) is 4.65. The molecule has 0 aromatic rings. The van der Waals surface area contributed by atoms with Crippen molar-refractivity contribution in [1.29, 1.82) is 0 Å². The largest absolute Gasteiger partial charge is 0.396 e. The molecular weight excluding hydrogens is 328 g/mol. The standard InChI is InChI=1S/C18H38O2.C4H10O2/c1-3-5-6-7-8-9-10-11-12-13-14-15-17-18(19,20)16-4-2;5-3-1-2-4-6/h19-20H,3-17H2,1-2H3;5-6H,1-4H2. The van der Waals surface area contributed by atoms with Crippen LogP contribution in [-0.4, -0.2) is 39.4 Å². The van der Waals surface area contributed by atoms with Crippen molar-refractivity contribution in [2.75, 3.05) is 13.2 Å². The quantitative estimate of drug-likeness (QED) is 0.193. The average molecular weight is 377 g/mol. The lowest BCUT2D eigenvalue weighted by molar-refractivity contribution is -0.171. The zero-order chi connectivity index (χ0) is 19.9. The average Bonchev–Trinajstić information content (AvgIpc) is 2.61. The summed E-state index contributed by atoms with van der Waals surface area (Å²) in [5.74, 6) is -1.41. The van der Waals surface area contributed by atoms with Crippen molar-refractivity contribution in [3.05, 3.63) is 0 Å². The summed E-state index contributed by atoms with van der Waals surface area (Å²) >= 11 is 0. The molecule has 0 unspecified atom stereocenters. The van der Waals surface area contributed by atoms with E-state index >= 15 is 0 Å². The van der Waals surface area contributed by atoms with Gasteiger partial charge in [0.1, 0.15) is 0 Å². The molecule has 0 spiro atoms. The second-order valence-corrected chi connectivity index (χ2v) is 7.53. The minimum Gasteiger partial charge on any atom is -0.396 e. The molecule has 4 heteroatoms. The van der Waals surface area contributed by atoms with Gasteiger partial charge in [0.15, 0.2) is 5.79 Å². The number of hydrogen-bond acceptors (Lipinski definition) is 4. The zero-order valence-corrected chi connectivity index (χ0v) is 17.7. The molecule has 26 heavy (non-hydrogen) atoms. The number of aliphatic hydroxyl groups excluding tert-OH is 2. The van der Waals surface area contributed by atoms with Crippen molar-refractivity contribution in [3.63, 3.8) is 0 Å². The van der Waals surface area contributed by atoms with E-state index in [2.05, 4.69) is 6.92 Å². The monoisotopic (exact) mass is 376 g/mol. The second-order valence-electron chi connectivity index (χ2n) is 7.53. The fourth-order valence-electron chi connectivity index (χ4n) is 3.00. The van der Waals surface area contributed by atoms with Gasteiger partial charge in [-0.25, -0.2) is 0 Å². The molecule has 0 aromatic heterocycles. The lowest BCUT2D eigenvalue weighted by Crippen LogP contribution is -2.27. The van der Waals surface area contributed by atoms with Gasteiger partial charge in [0.05, 0.1) is 0 Å². The Labute approximate surface area is 163 Å². The maximum Gasteiger partial charge on any atom is 0.162 e. The highest BCUT2D eigenvalue weighted by Gasteiger charge is 2.20. The summed E-state index contributed by atoms with van der Waals surface area (Å²) in [6.07, 6.45) is 19.1. The van der Waals surface area contributed by atoms with Crippen molar-refractivity contribution in [2.24, 2.45) is 0 Å². The molecule has 0 saturated carbocycles. The van der Waals surface area contributed by atoms with Crippen LogP contribution >= 0.6 is 0 Å². The summed E-state index contributed by atoms with van der Waals surface area (Å²) in [4.78, 5) is 0. The van der Waals surface area contributed by atoms with Crippen LogP contribution in [0.1, 0.15) is 123 Å². The molecule has 0 aliphatic heterocycles. The fourth-order valence-corrected chi connectivity index (χ4v) is 3.00. The SMILES string of the molecule is CCCCCCCCCCCCCCC(O)(O)CCC.OCCCCO. The van der Waals surface area contributed by atoms with Gasteiger partial charge in [-0.05, 0) is 19.3 Å². The van der Waals surface area contributed by atoms with Crippen molar-refractivity contribution in [2.45, 2.75) is 129 Å². The summed E-state index contributed by atoms with van der Waals surface area (Å²) in [5.41, 5.74) is 0. The minimum absolute atomic E-state index is 0.195. The van der Waals surface area contributed by atoms with Gasteiger partial charge in [-0.3, -0.25) is 0 Å². The summed E-state index contributed by atoms with van der Waals surface area (Å²) < 4.78 is 0. The Hall–Kier alpha value is -0.160. The smallest absolute Gasteiger partial charge is 0.162 e. The number of aliphatic hydroxyl groups is 4. The van der Waals surface area contributed by atoms with Gasteiger partial charge in [0, 0.05) is 26.1 Å². The Bertz CT molecular complexity index is 240. The van der Waals surface area contributed by atoms with Gasteiger partial charge in [-0.15, -0.1) is 0 Å². The van der Waals surface area contributed by atoms with Crippen LogP contribution in [0, 0.1) is 0 Å². The van der Waals surface area contributed by atoms with Crippen LogP contribution in [0.15, 0.2) is 0 Å². The number of unbranched alkanes of at least 4 members (excludes halogenated alkanes) is 12. The van der Waals surface area contributed by atoms with Crippen LogP contribution in [0.3, 0.4) is 0 Å². The molecule has 160 valence electrons. The summed E-state index contributed by atoms with van der Waals surface area (Å²) in [6, 6.07) is 0. The third-order valence-corrected chi connectivity index (χ3v) is 4.65. The van der Waals surface area contributed by atoms with E-state index in [0.29, 0.717) is 12.8 Å². The molecule has 0 aromatic carbocycles. The van der Waals surface area contributed by atoms with Gasteiger partial charge in [-0.1, -0.05) is 90.9 Å². The molecule has 0 heterocycles. The lowest BCUT2D eigenvalue weighted by atomic mass is 10.0. The van der Waals surface area contributed by atoms with Gasteiger partial charge in [0.2, 0.25) is 0 Å². The van der Waals surface area contributed by atoms with E-state index in [1.807, 2.05) is 6.92 Å². The first kappa shape index (κ1) is 28.1. The number of rotatable bonds is 18. The first-order valence-corrected chi connectivity index (χ1v) is 11.2. The van der Waals surface area contributed by atoms with E-state index < -0.39 is 5.79 Å². The predicted molar refractivity (Wildman–Crippen MR) is 111 cm³/mol. The van der Waals surface area contributed by atoms with E-state index in [-0.39, 0.29) is 13.2 Å².